The largest absolute Gasteiger partial charge is 0.381 e. The molecule has 0 aliphatic heterocycles. The molecule has 0 aliphatic rings. The van der Waals surface area contributed by atoms with Gasteiger partial charge in [-0.2, -0.15) is 0 Å². The van der Waals surface area contributed by atoms with E-state index in [1.807, 2.05) is 44.2 Å². The van der Waals surface area contributed by atoms with Gasteiger partial charge in [0.15, 0.2) is 0 Å². The molecule has 2 aromatic carbocycles. The Morgan fingerprint density at radius 3 is 2.09 bits per heavy atom. The number of hydrogen-bond donors (Lipinski definition) is 1. The predicted octanol–water partition coefficient (Wildman–Crippen LogP) is 6.50. The Bertz CT molecular complexity index is 656. The maximum atomic E-state index is 10.9. The first kappa shape index (κ1) is 29.8. The minimum Gasteiger partial charge on any atom is -0.381 e. The summed E-state index contributed by atoms with van der Waals surface area (Å²) in [4.78, 5) is 10.9. The second-order valence-electron chi connectivity index (χ2n) is 7.37. The number of amides is 1. The van der Waals surface area contributed by atoms with Crippen LogP contribution in [0.4, 0.5) is 0 Å². The lowest BCUT2D eigenvalue weighted by atomic mass is 10.1. The van der Waals surface area contributed by atoms with Crippen LogP contribution in [-0.2, 0) is 27.3 Å². The number of carbonyl (C=O) groups is 1. The summed E-state index contributed by atoms with van der Waals surface area (Å²) in [6.45, 7) is 11.4. The molecule has 0 atom stereocenters. The van der Waals surface area contributed by atoms with E-state index in [0.29, 0.717) is 19.6 Å². The highest BCUT2D eigenvalue weighted by Crippen LogP contribution is 2.04. The zero-order chi connectivity index (χ0) is 23.9. The van der Waals surface area contributed by atoms with Gasteiger partial charge in [-0.05, 0) is 43.7 Å². The van der Waals surface area contributed by atoms with Gasteiger partial charge in [0.1, 0.15) is 0 Å². The zero-order valence-electron chi connectivity index (χ0n) is 21.0. The first-order valence-corrected chi connectivity index (χ1v) is 12.1. The fourth-order valence-corrected chi connectivity index (χ4v) is 2.67. The van der Waals surface area contributed by atoms with Crippen molar-refractivity contribution in [2.24, 2.45) is 0 Å². The molecular formula is C28H45NO3. The van der Waals surface area contributed by atoms with Crippen LogP contribution >= 0.6 is 0 Å². The van der Waals surface area contributed by atoms with E-state index in [1.54, 1.807) is 7.05 Å². The molecule has 4 nitrogen and oxygen atoms in total. The molecule has 2 rings (SSSR count). The van der Waals surface area contributed by atoms with Crippen molar-refractivity contribution < 1.29 is 14.3 Å². The molecule has 0 aliphatic carbocycles. The van der Waals surface area contributed by atoms with E-state index in [1.165, 1.54) is 29.5 Å². The van der Waals surface area contributed by atoms with E-state index in [9.17, 15) is 4.79 Å². The smallest absolute Gasteiger partial charge is 0.219 e. The van der Waals surface area contributed by atoms with Crippen molar-refractivity contribution in [1.29, 1.82) is 0 Å². The van der Waals surface area contributed by atoms with Gasteiger partial charge in [-0.25, -0.2) is 0 Å². The minimum atomic E-state index is 0.100. The van der Waals surface area contributed by atoms with Crippen LogP contribution in [-0.4, -0.2) is 32.8 Å². The van der Waals surface area contributed by atoms with Crippen LogP contribution in [0.5, 0.6) is 0 Å². The summed E-state index contributed by atoms with van der Waals surface area (Å²) in [5.74, 6) is 0.100. The standard InChI is InChI=1S/C13H19NO2.C13H20O.C2H6/c1-14-13(15)9-5-6-10-16-11-12-7-3-2-4-8-12;1-3-4-10-14-11-9-13-7-5-12(2)6-8-13;1-2/h2-4,7-8H,5-6,9-11H2,1H3,(H,14,15);5-8H,3-4,9-11H2,1-2H3;1-2H3. The predicted molar refractivity (Wildman–Crippen MR) is 136 cm³/mol. The zero-order valence-corrected chi connectivity index (χ0v) is 21.0. The van der Waals surface area contributed by atoms with Crippen LogP contribution in [0.3, 0.4) is 0 Å². The number of benzene rings is 2. The van der Waals surface area contributed by atoms with Crippen molar-refractivity contribution in [3.63, 3.8) is 0 Å². The van der Waals surface area contributed by atoms with Crippen molar-refractivity contribution in [3.8, 4) is 0 Å². The quantitative estimate of drug-likeness (QED) is 0.359. The van der Waals surface area contributed by atoms with Crippen LogP contribution in [0.15, 0.2) is 54.6 Å². The molecular weight excluding hydrogens is 398 g/mol. The summed E-state index contributed by atoms with van der Waals surface area (Å²) in [5.41, 5.74) is 3.88. The van der Waals surface area contributed by atoms with Gasteiger partial charge >= 0.3 is 0 Å². The molecule has 0 aromatic heterocycles. The Balaban J connectivity index is 0.000000561. The monoisotopic (exact) mass is 443 g/mol. The molecule has 2 aromatic rings. The molecule has 0 saturated heterocycles. The third-order valence-electron chi connectivity index (χ3n) is 4.63. The van der Waals surface area contributed by atoms with Crippen molar-refractivity contribution in [2.75, 3.05) is 26.9 Å². The van der Waals surface area contributed by atoms with E-state index >= 15 is 0 Å². The third kappa shape index (κ3) is 17.5. The van der Waals surface area contributed by atoms with Crippen LogP contribution in [0.1, 0.15) is 69.6 Å². The van der Waals surface area contributed by atoms with Gasteiger partial charge in [0.2, 0.25) is 5.91 Å². The molecule has 1 amide bonds. The van der Waals surface area contributed by atoms with E-state index in [0.717, 1.165) is 32.5 Å². The highest BCUT2D eigenvalue weighted by Gasteiger charge is 1.97. The number of nitrogens with one attached hydrogen (secondary N) is 1. The number of rotatable bonds is 13. The molecule has 0 heterocycles. The van der Waals surface area contributed by atoms with Crippen molar-refractivity contribution in [1.82, 2.24) is 5.32 Å². The van der Waals surface area contributed by atoms with Gasteiger partial charge in [-0.3, -0.25) is 4.79 Å². The second kappa shape index (κ2) is 22.0. The number of ether oxygens (including phenoxy) is 2. The fourth-order valence-electron chi connectivity index (χ4n) is 2.67. The lowest BCUT2D eigenvalue weighted by Gasteiger charge is -2.04. The first-order valence-electron chi connectivity index (χ1n) is 12.1. The summed E-state index contributed by atoms with van der Waals surface area (Å²) in [6.07, 6.45) is 5.82. The number of hydrogen-bond acceptors (Lipinski definition) is 3. The summed E-state index contributed by atoms with van der Waals surface area (Å²) in [7, 11) is 1.66. The Morgan fingerprint density at radius 2 is 1.47 bits per heavy atom. The van der Waals surface area contributed by atoms with Gasteiger partial charge in [0.25, 0.3) is 0 Å². The van der Waals surface area contributed by atoms with E-state index in [-0.39, 0.29) is 5.91 Å². The molecule has 1 N–H and O–H groups in total. The topological polar surface area (TPSA) is 47.6 Å². The van der Waals surface area contributed by atoms with Gasteiger partial charge in [0, 0.05) is 26.7 Å². The number of aryl methyl sites for hydroxylation is 1. The highest BCUT2D eigenvalue weighted by molar-refractivity contribution is 5.75. The van der Waals surface area contributed by atoms with Crippen LogP contribution < -0.4 is 5.32 Å². The van der Waals surface area contributed by atoms with Gasteiger partial charge < -0.3 is 14.8 Å². The molecule has 0 unspecified atom stereocenters. The Morgan fingerprint density at radius 1 is 0.812 bits per heavy atom. The number of carbonyl (C=O) groups excluding carboxylic acids is 1. The maximum Gasteiger partial charge on any atom is 0.219 e. The van der Waals surface area contributed by atoms with Crippen LogP contribution in [0.2, 0.25) is 0 Å². The first-order chi connectivity index (χ1) is 15.7. The van der Waals surface area contributed by atoms with Crippen LogP contribution in [0.25, 0.3) is 0 Å². The Kier molecular flexibility index (Phi) is 20.5. The molecule has 0 saturated carbocycles. The van der Waals surface area contributed by atoms with Crippen molar-refractivity contribution in [3.05, 3.63) is 71.3 Å². The normalized spacial score (nSPS) is 9.78. The van der Waals surface area contributed by atoms with E-state index < -0.39 is 0 Å². The van der Waals surface area contributed by atoms with Gasteiger partial charge in [0.05, 0.1) is 13.2 Å². The van der Waals surface area contributed by atoms with Crippen molar-refractivity contribution in [2.45, 2.75) is 72.8 Å². The number of unbranched alkanes of at least 4 members (excludes halogenated alkanes) is 2. The second-order valence-corrected chi connectivity index (χ2v) is 7.37. The molecule has 0 bridgehead atoms. The average molecular weight is 444 g/mol. The van der Waals surface area contributed by atoms with Crippen LogP contribution in [0, 0.1) is 6.92 Å². The van der Waals surface area contributed by atoms with Gasteiger partial charge in [-0.15, -0.1) is 0 Å². The highest BCUT2D eigenvalue weighted by atomic mass is 16.5. The molecule has 0 fully saturated rings. The van der Waals surface area contributed by atoms with Crippen molar-refractivity contribution >= 4 is 5.91 Å². The Labute approximate surface area is 196 Å². The summed E-state index contributed by atoms with van der Waals surface area (Å²) < 4.78 is 11.0. The minimum absolute atomic E-state index is 0.100. The van der Waals surface area contributed by atoms with Gasteiger partial charge in [-0.1, -0.05) is 87.4 Å². The average Bonchev–Trinajstić information content (AvgIpc) is 2.84. The third-order valence-corrected chi connectivity index (χ3v) is 4.63. The summed E-state index contributed by atoms with van der Waals surface area (Å²) in [6, 6.07) is 18.8. The SMILES string of the molecule is CC.CCCCOCCc1ccc(C)cc1.CNC(=O)CCCCOCc1ccccc1. The van der Waals surface area contributed by atoms with E-state index in [2.05, 4.69) is 43.4 Å². The lowest BCUT2D eigenvalue weighted by molar-refractivity contribution is -0.120. The maximum absolute atomic E-state index is 10.9. The molecule has 4 heteroatoms. The summed E-state index contributed by atoms with van der Waals surface area (Å²) in [5, 5.41) is 2.60. The molecule has 32 heavy (non-hydrogen) atoms. The Hall–Kier alpha value is -2.17. The fraction of sp³-hybridized carbons (Fsp3) is 0.536. The lowest BCUT2D eigenvalue weighted by Crippen LogP contribution is -2.17. The molecule has 0 spiro atoms. The molecule has 0 radical (unpaired) electrons. The summed E-state index contributed by atoms with van der Waals surface area (Å²) >= 11 is 0. The van der Waals surface area contributed by atoms with E-state index in [4.69, 9.17) is 9.47 Å². The molecule has 180 valence electrons.